The number of rotatable bonds is 9. The van der Waals surface area contributed by atoms with Gasteiger partial charge in [0.25, 0.3) is 0 Å². The summed E-state index contributed by atoms with van der Waals surface area (Å²) in [7, 11) is 4.29. The molecule has 0 fully saturated rings. The quantitative estimate of drug-likeness (QED) is 0.524. The van der Waals surface area contributed by atoms with Crippen LogP contribution in [0.2, 0.25) is 0 Å². The molecule has 0 saturated heterocycles. The van der Waals surface area contributed by atoms with Gasteiger partial charge < -0.3 is 4.90 Å². The lowest BCUT2D eigenvalue weighted by molar-refractivity contribution is -0.858. The molecule has 0 bridgehead atoms. The molecule has 0 saturated carbocycles. The van der Waals surface area contributed by atoms with E-state index in [2.05, 4.69) is 52.2 Å². The second-order valence-corrected chi connectivity index (χ2v) is 9.80. The SMILES string of the molecule is Cc1ccc2sc(N(CCC[NH+](C)C)C(=O)CCSc3ccccc3)nc2c1C. The molecule has 0 atom stereocenters. The first-order chi connectivity index (χ1) is 14.0. The summed E-state index contributed by atoms with van der Waals surface area (Å²) in [6.07, 6.45) is 1.48. The van der Waals surface area contributed by atoms with Crippen LogP contribution >= 0.6 is 23.1 Å². The molecule has 1 heterocycles. The maximum Gasteiger partial charge on any atom is 0.229 e. The Morgan fingerprint density at radius 3 is 2.62 bits per heavy atom. The number of fused-ring (bicyclic) bond motifs is 1. The molecule has 0 aliphatic heterocycles. The van der Waals surface area contributed by atoms with Crippen LogP contribution in [0.1, 0.15) is 24.0 Å². The third-order valence-corrected chi connectivity index (χ3v) is 7.05. The number of nitrogens with one attached hydrogen (secondary N) is 1. The number of aryl methyl sites for hydroxylation is 2. The van der Waals surface area contributed by atoms with E-state index in [1.165, 1.54) is 20.9 Å². The Morgan fingerprint density at radius 1 is 1.14 bits per heavy atom. The molecule has 0 unspecified atom stereocenters. The molecule has 1 aromatic heterocycles. The number of benzene rings is 2. The fraction of sp³-hybridized carbons (Fsp3) is 0.391. The number of quaternary nitrogens is 1. The molecule has 1 amide bonds. The van der Waals surface area contributed by atoms with E-state index in [0.717, 1.165) is 40.6 Å². The van der Waals surface area contributed by atoms with Gasteiger partial charge in [-0.15, -0.1) is 11.8 Å². The Hall–Kier alpha value is -1.89. The second-order valence-electron chi connectivity index (χ2n) is 7.62. The van der Waals surface area contributed by atoms with E-state index < -0.39 is 0 Å². The minimum Gasteiger partial charge on any atom is -0.340 e. The van der Waals surface area contributed by atoms with Crippen LogP contribution in [-0.2, 0) is 4.79 Å². The fourth-order valence-electron chi connectivity index (χ4n) is 3.16. The number of thiazole rings is 1. The molecule has 2 aromatic carbocycles. The average molecular weight is 429 g/mol. The molecule has 0 spiro atoms. The van der Waals surface area contributed by atoms with Crippen LogP contribution < -0.4 is 9.80 Å². The summed E-state index contributed by atoms with van der Waals surface area (Å²) in [6, 6.07) is 14.5. The van der Waals surface area contributed by atoms with Crippen molar-refractivity contribution in [1.29, 1.82) is 0 Å². The number of hydrogen-bond donors (Lipinski definition) is 1. The number of nitrogens with zero attached hydrogens (tertiary/aromatic N) is 2. The van der Waals surface area contributed by atoms with E-state index in [4.69, 9.17) is 4.98 Å². The van der Waals surface area contributed by atoms with Crippen molar-refractivity contribution in [2.75, 3.05) is 37.8 Å². The van der Waals surface area contributed by atoms with Crippen molar-refractivity contribution in [3.8, 4) is 0 Å². The predicted octanol–water partition coefficient (Wildman–Crippen LogP) is 3.96. The minimum absolute atomic E-state index is 0.163. The lowest BCUT2D eigenvalue weighted by atomic mass is 10.1. The molecular weight excluding hydrogens is 398 g/mol. The van der Waals surface area contributed by atoms with E-state index in [-0.39, 0.29) is 5.91 Å². The van der Waals surface area contributed by atoms with Gasteiger partial charge in [-0.2, -0.15) is 0 Å². The normalized spacial score (nSPS) is 11.3. The van der Waals surface area contributed by atoms with E-state index in [1.54, 1.807) is 23.1 Å². The van der Waals surface area contributed by atoms with Crippen molar-refractivity contribution >= 4 is 44.4 Å². The van der Waals surface area contributed by atoms with Gasteiger partial charge in [-0.25, -0.2) is 4.98 Å². The Bertz CT molecular complexity index is 953. The van der Waals surface area contributed by atoms with Gasteiger partial charge in [0.2, 0.25) is 5.91 Å². The standard InChI is InChI=1S/C23H29N3OS2/c1-17-11-12-20-22(18(17)2)24-23(29-20)26(15-8-14-25(3)4)21(27)13-16-28-19-9-6-5-7-10-19/h5-7,9-12H,8,13-16H2,1-4H3/p+1. The maximum absolute atomic E-state index is 13.1. The first-order valence-electron chi connectivity index (χ1n) is 10.1. The van der Waals surface area contributed by atoms with Crippen molar-refractivity contribution in [2.45, 2.75) is 31.6 Å². The number of anilines is 1. The van der Waals surface area contributed by atoms with Crippen LogP contribution in [-0.4, -0.2) is 43.8 Å². The number of carbonyl (C=O) groups is 1. The van der Waals surface area contributed by atoms with Gasteiger partial charge >= 0.3 is 0 Å². The number of carbonyl (C=O) groups excluding carboxylic acids is 1. The average Bonchev–Trinajstić information content (AvgIpc) is 3.13. The summed E-state index contributed by atoms with van der Waals surface area (Å²) in [4.78, 5) is 22.5. The largest absolute Gasteiger partial charge is 0.340 e. The molecular formula is C23H30N3OS2+. The predicted molar refractivity (Wildman–Crippen MR) is 126 cm³/mol. The topological polar surface area (TPSA) is 37.6 Å². The maximum atomic E-state index is 13.1. The molecule has 29 heavy (non-hydrogen) atoms. The van der Waals surface area contributed by atoms with Crippen molar-refractivity contribution in [3.63, 3.8) is 0 Å². The molecule has 3 aromatic rings. The fourth-order valence-corrected chi connectivity index (χ4v) is 5.09. The molecule has 1 N–H and O–H groups in total. The number of hydrogen-bond acceptors (Lipinski definition) is 4. The van der Waals surface area contributed by atoms with Gasteiger partial charge in [-0.1, -0.05) is 35.6 Å². The summed E-state index contributed by atoms with van der Waals surface area (Å²) in [6.45, 7) is 5.97. The molecule has 3 rings (SSSR count). The number of aromatic nitrogens is 1. The summed E-state index contributed by atoms with van der Waals surface area (Å²) < 4.78 is 1.15. The van der Waals surface area contributed by atoms with Gasteiger partial charge in [0.1, 0.15) is 0 Å². The van der Waals surface area contributed by atoms with Gasteiger partial charge in [0.15, 0.2) is 5.13 Å². The van der Waals surface area contributed by atoms with E-state index in [9.17, 15) is 4.79 Å². The lowest BCUT2D eigenvalue weighted by Crippen LogP contribution is -3.05. The Kier molecular flexibility index (Phi) is 7.70. The highest BCUT2D eigenvalue weighted by molar-refractivity contribution is 7.99. The molecule has 4 nitrogen and oxygen atoms in total. The highest BCUT2D eigenvalue weighted by atomic mass is 32.2. The first kappa shape index (κ1) is 21.8. The highest BCUT2D eigenvalue weighted by Crippen LogP contribution is 2.32. The zero-order chi connectivity index (χ0) is 20.8. The first-order valence-corrected chi connectivity index (χ1v) is 11.9. The van der Waals surface area contributed by atoms with Gasteiger partial charge in [-0.3, -0.25) is 9.69 Å². The molecule has 154 valence electrons. The molecule has 6 heteroatoms. The summed E-state index contributed by atoms with van der Waals surface area (Å²) in [5.74, 6) is 0.942. The monoisotopic (exact) mass is 428 g/mol. The van der Waals surface area contributed by atoms with Gasteiger partial charge in [0, 0.05) is 30.0 Å². The lowest BCUT2D eigenvalue weighted by Gasteiger charge is -2.20. The smallest absolute Gasteiger partial charge is 0.229 e. The van der Waals surface area contributed by atoms with Crippen molar-refractivity contribution in [3.05, 3.63) is 53.6 Å². The Morgan fingerprint density at radius 2 is 1.90 bits per heavy atom. The summed E-state index contributed by atoms with van der Waals surface area (Å²) in [5.41, 5.74) is 3.47. The molecule has 0 aliphatic carbocycles. The number of amides is 1. The van der Waals surface area contributed by atoms with Crippen LogP contribution in [0.4, 0.5) is 5.13 Å². The van der Waals surface area contributed by atoms with Gasteiger partial charge in [0.05, 0.1) is 30.9 Å². The molecule has 0 aliphatic rings. The zero-order valence-corrected chi connectivity index (χ0v) is 19.3. The van der Waals surface area contributed by atoms with Crippen LogP contribution in [0.15, 0.2) is 47.4 Å². The van der Waals surface area contributed by atoms with Crippen molar-refractivity contribution in [1.82, 2.24) is 4.98 Å². The zero-order valence-electron chi connectivity index (χ0n) is 17.7. The van der Waals surface area contributed by atoms with Crippen LogP contribution in [0.25, 0.3) is 10.2 Å². The third-order valence-electron chi connectivity index (χ3n) is 4.99. The van der Waals surface area contributed by atoms with E-state index in [0.29, 0.717) is 6.42 Å². The summed E-state index contributed by atoms with van der Waals surface area (Å²) in [5, 5.41) is 0.831. The van der Waals surface area contributed by atoms with Crippen LogP contribution in [0.3, 0.4) is 0 Å². The minimum atomic E-state index is 0.163. The summed E-state index contributed by atoms with van der Waals surface area (Å²) >= 11 is 3.36. The third kappa shape index (κ3) is 5.81. The van der Waals surface area contributed by atoms with E-state index in [1.807, 2.05) is 23.1 Å². The number of thioether (sulfide) groups is 1. The van der Waals surface area contributed by atoms with Crippen LogP contribution in [0.5, 0.6) is 0 Å². The highest BCUT2D eigenvalue weighted by Gasteiger charge is 2.20. The van der Waals surface area contributed by atoms with Crippen molar-refractivity contribution < 1.29 is 9.69 Å². The van der Waals surface area contributed by atoms with E-state index >= 15 is 0 Å². The molecule has 0 radical (unpaired) electrons. The second kappa shape index (κ2) is 10.2. The van der Waals surface area contributed by atoms with Crippen LogP contribution in [0, 0.1) is 13.8 Å². The Balaban J connectivity index is 1.74. The van der Waals surface area contributed by atoms with Crippen molar-refractivity contribution in [2.24, 2.45) is 0 Å². The van der Waals surface area contributed by atoms with Gasteiger partial charge in [-0.05, 0) is 43.2 Å². The Labute approximate surface area is 181 Å².